The summed E-state index contributed by atoms with van der Waals surface area (Å²) in [5.74, 6) is -0.724. The van der Waals surface area contributed by atoms with E-state index in [1.54, 1.807) is 4.90 Å². The summed E-state index contributed by atoms with van der Waals surface area (Å²) in [5, 5.41) is 23.3. The molecule has 4 rings (SSSR count). The first-order chi connectivity index (χ1) is 15.0. The zero-order valence-electron chi connectivity index (χ0n) is 18.0. The molecule has 1 aliphatic heterocycles. The fourth-order valence-electron chi connectivity index (χ4n) is 5.26. The monoisotopic (exact) mass is 424 g/mol. The normalized spacial score (nSPS) is 20.7. The highest BCUT2D eigenvalue weighted by molar-refractivity contribution is 5.94. The lowest BCUT2D eigenvalue weighted by Crippen LogP contribution is -2.54. The van der Waals surface area contributed by atoms with Gasteiger partial charge in [0.1, 0.15) is 0 Å². The van der Waals surface area contributed by atoms with E-state index in [4.69, 9.17) is 0 Å². The molecular formula is C25H32N2O4. The molecule has 2 N–H and O–H groups in total. The molecule has 6 heteroatoms. The van der Waals surface area contributed by atoms with E-state index in [9.17, 15) is 19.8 Å². The number of piperazine rings is 1. The minimum atomic E-state index is -1.09. The second-order valence-electron chi connectivity index (χ2n) is 8.97. The lowest BCUT2D eigenvalue weighted by Gasteiger charge is -2.42. The predicted molar refractivity (Wildman–Crippen MR) is 120 cm³/mol. The van der Waals surface area contributed by atoms with Crippen LogP contribution in [0.25, 0.3) is 10.8 Å². The number of carbonyl (C=O) groups excluding carboxylic acids is 1. The lowest BCUT2D eigenvalue weighted by molar-refractivity contribution is -0.142. The number of carboxylic acid groups (broad SMARTS) is 1. The average molecular weight is 425 g/mol. The SMILES string of the molecule is O=C(O)N1CCN(C(=O)C(c2cccc3ccccc23)C2(O)CCCCCCC2)CC1. The molecule has 2 amide bonds. The Morgan fingerprint density at radius 3 is 2.06 bits per heavy atom. The Labute approximate surface area is 183 Å². The maximum atomic E-state index is 13.9. The Kier molecular flexibility index (Phi) is 6.46. The van der Waals surface area contributed by atoms with E-state index < -0.39 is 17.6 Å². The smallest absolute Gasteiger partial charge is 0.407 e. The van der Waals surface area contributed by atoms with Crippen LogP contribution in [0.1, 0.15) is 56.4 Å². The molecule has 2 aromatic rings. The van der Waals surface area contributed by atoms with Gasteiger partial charge >= 0.3 is 6.09 Å². The van der Waals surface area contributed by atoms with Gasteiger partial charge in [-0.05, 0) is 29.2 Å². The summed E-state index contributed by atoms with van der Waals surface area (Å²) in [6.45, 7) is 1.34. The van der Waals surface area contributed by atoms with Crippen LogP contribution in [0.15, 0.2) is 42.5 Å². The Morgan fingerprint density at radius 1 is 0.806 bits per heavy atom. The Morgan fingerprint density at radius 2 is 1.39 bits per heavy atom. The van der Waals surface area contributed by atoms with Crippen molar-refractivity contribution >= 4 is 22.8 Å². The molecule has 1 atom stereocenters. The van der Waals surface area contributed by atoms with Crippen molar-refractivity contribution in [3.05, 3.63) is 48.0 Å². The van der Waals surface area contributed by atoms with Crippen molar-refractivity contribution in [1.29, 1.82) is 0 Å². The van der Waals surface area contributed by atoms with Crippen LogP contribution >= 0.6 is 0 Å². The van der Waals surface area contributed by atoms with Gasteiger partial charge in [0.2, 0.25) is 5.91 Å². The van der Waals surface area contributed by atoms with Crippen molar-refractivity contribution in [3.63, 3.8) is 0 Å². The first kappa shape index (κ1) is 21.6. The summed E-state index contributed by atoms with van der Waals surface area (Å²) in [5.41, 5.74) is -0.210. The molecule has 31 heavy (non-hydrogen) atoms. The molecule has 2 aromatic carbocycles. The highest BCUT2D eigenvalue weighted by atomic mass is 16.4. The first-order valence-corrected chi connectivity index (χ1v) is 11.5. The van der Waals surface area contributed by atoms with E-state index in [2.05, 4.69) is 0 Å². The van der Waals surface area contributed by atoms with E-state index in [0.29, 0.717) is 39.0 Å². The summed E-state index contributed by atoms with van der Waals surface area (Å²) in [6, 6.07) is 14.0. The third-order valence-electron chi connectivity index (χ3n) is 7.00. The van der Waals surface area contributed by atoms with Crippen LogP contribution in [-0.2, 0) is 4.79 Å². The third-order valence-corrected chi connectivity index (χ3v) is 7.00. The molecule has 2 fully saturated rings. The first-order valence-electron chi connectivity index (χ1n) is 11.5. The molecule has 1 aliphatic carbocycles. The average Bonchev–Trinajstić information content (AvgIpc) is 2.77. The van der Waals surface area contributed by atoms with Gasteiger partial charge in [0, 0.05) is 26.2 Å². The van der Waals surface area contributed by atoms with Crippen molar-refractivity contribution in [3.8, 4) is 0 Å². The number of amides is 2. The van der Waals surface area contributed by atoms with Gasteiger partial charge in [0.25, 0.3) is 0 Å². The van der Waals surface area contributed by atoms with Crippen LogP contribution in [0, 0.1) is 0 Å². The second-order valence-corrected chi connectivity index (χ2v) is 8.97. The number of benzene rings is 2. The van der Waals surface area contributed by atoms with Gasteiger partial charge in [0.05, 0.1) is 11.5 Å². The fourth-order valence-corrected chi connectivity index (χ4v) is 5.26. The fraction of sp³-hybridized carbons (Fsp3) is 0.520. The van der Waals surface area contributed by atoms with Gasteiger partial charge < -0.3 is 20.0 Å². The van der Waals surface area contributed by atoms with E-state index in [1.807, 2.05) is 42.5 Å². The van der Waals surface area contributed by atoms with Crippen LogP contribution < -0.4 is 0 Å². The summed E-state index contributed by atoms with van der Waals surface area (Å²) in [6.07, 6.45) is 5.45. The molecule has 1 unspecified atom stereocenters. The van der Waals surface area contributed by atoms with E-state index in [-0.39, 0.29) is 5.91 Å². The van der Waals surface area contributed by atoms with Crippen molar-refractivity contribution in [2.24, 2.45) is 0 Å². The van der Waals surface area contributed by atoms with Gasteiger partial charge in [-0.3, -0.25) is 4.79 Å². The Hall–Kier alpha value is -2.60. The van der Waals surface area contributed by atoms with Crippen LogP contribution in [0.4, 0.5) is 4.79 Å². The van der Waals surface area contributed by atoms with E-state index in [0.717, 1.165) is 42.0 Å². The minimum Gasteiger partial charge on any atom is -0.465 e. The summed E-state index contributed by atoms with van der Waals surface area (Å²) >= 11 is 0. The topological polar surface area (TPSA) is 81.1 Å². The van der Waals surface area contributed by atoms with Gasteiger partial charge in [-0.1, -0.05) is 74.6 Å². The van der Waals surface area contributed by atoms with E-state index >= 15 is 0 Å². The number of carbonyl (C=O) groups is 2. The number of hydrogen-bond donors (Lipinski definition) is 2. The van der Waals surface area contributed by atoms with Gasteiger partial charge in [0.15, 0.2) is 0 Å². The van der Waals surface area contributed by atoms with Crippen LogP contribution in [0.3, 0.4) is 0 Å². The van der Waals surface area contributed by atoms with Crippen molar-refractivity contribution in [2.45, 2.75) is 56.5 Å². The van der Waals surface area contributed by atoms with E-state index in [1.165, 1.54) is 11.3 Å². The van der Waals surface area contributed by atoms with Crippen molar-refractivity contribution in [1.82, 2.24) is 9.80 Å². The molecule has 0 spiro atoms. The molecule has 1 saturated carbocycles. The highest BCUT2D eigenvalue weighted by Gasteiger charge is 2.44. The number of hydrogen-bond acceptors (Lipinski definition) is 3. The summed E-state index contributed by atoms with van der Waals surface area (Å²) in [7, 11) is 0. The number of nitrogens with zero attached hydrogens (tertiary/aromatic N) is 2. The second kappa shape index (κ2) is 9.27. The molecule has 0 aromatic heterocycles. The van der Waals surface area contributed by atoms with Crippen molar-refractivity contribution < 1.29 is 19.8 Å². The standard InChI is InChI=1S/C25H32N2O4/c28-23(26-15-17-27(18-16-26)24(29)30)22(25(31)13-6-2-1-3-7-14-25)21-12-8-10-19-9-4-5-11-20(19)21/h4-5,8-12,22,31H,1-3,6-7,13-18H2,(H,29,30). The quantitative estimate of drug-likeness (QED) is 0.773. The van der Waals surface area contributed by atoms with Crippen LogP contribution in [-0.4, -0.2) is 63.8 Å². The third kappa shape index (κ3) is 4.54. The molecule has 6 nitrogen and oxygen atoms in total. The minimum absolute atomic E-state index is 0.0792. The zero-order valence-corrected chi connectivity index (χ0v) is 18.0. The Balaban J connectivity index is 1.72. The number of aliphatic hydroxyl groups is 1. The number of fused-ring (bicyclic) bond motifs is 1. The molecule has 2 aliphatic rings. The molecule has 1 heterocycles. The van der Waals surface area contributed by atoms with Crippen molar-refractivity contribution in [2.75, 3.05) is 26.2 Å². The van der Waals surface area contributed by atoms with Gasteiger partial charge in [-0.25, -0.2) is 4.79 Å². The Bertz CT molecular complexity index is 923. The zero-order chi connectivity index (χ0) is 21.8. The van der Waals surface area contributed by atoms with Gasteiger partial charge in [-0.2, -0.15) is 0 Å². The molecule has 0 radical (unpaired) electrons. The summed E-state index contributed by atoms with van der Waals surface area (Å²) in [4.78, 5) is 28.3. The maximum absolute atomic E-state index is 13.9. The lowest BCUT2D eigenvalue weighted by atomic mass is 9.72. The molecule has 0 bridgehead atoms. The molecule has 166 valence electrons. The highest BCUT2D eigenvalue weighted by Crippen LogP contribution is 2.42. The molecular weight excluding hydrogens is 392 g/mol. The molecule has 1 saturated heterocycles. The van der Waals surface area contributed by atoms with Crippen LogP contribution in [0.2, 0.25) is 0 Å². The van der Waals surface area contributed by atoms with Gasteiger partial charge in [-0.15, -0.1) is 0 Å². The number of rotatable bonds is 3. The predicted octanol–water partition coefficient (Wildman–Crippen LogP) is 4.22. The summed E-state index contributed by atoms with van der Waals surface area (Å²) < 4.78 is 0. The van der Waals surface area contributed by atoms with Crippen LogP contribution in [0.5, 0.6) is 0 Å². The largest absolute Gasteiger partial charge is 0.465 e. The maximum Gasteiger partial charge on any atom is 0.407 e.